The predicted octanol–water partition coefficient (Wildman–Crippen LogP) is 3.37. The van der Waals surface area contributed by atoms with Gasteiger partial charge in [-0.3, -0.25) is 0 Å². The number of rotatable bonds is 3. The highest BCUT2D eigenvalue weighted by Gasteiger charge is 2.09. The number of aromatic nitrogens is 2. The van der Waals surface area contributed by atoms with Crippen LogP contribution in [0.4, 0.5) is 4.39 Å². The van der Waals surface area contributed by atoms with Gasteiger partial charge in [0, 0.05) is 29.9 Å². The zero-order chi connectivity index (χ0) is 14.1. The van der Waals surface area contributed by atoms with Gasteiger partial charge in [-0.15, -0.1) is 0 Å². The first-order valence-electron chi connectivity index (χ1n) is 6.16. The van der Waals surface area contributed by atoms with Crippen molar-refractivity contribution in [3.63, 3.8) is 0 Å². The fraction of sp³-hybridized carbons (Fsp3) is 0.133. The third-order valence-electron chi connectivity index (χ3n) is 3.22. The minimum absolute atomic E-state index is 0.0423. The quantitative estimate of drug-likeness (QED) is 0.803. The molecule has 0 saturated carbocycles. The van der Waals surface area contributed by atoms with E-state index in [1.807, 2.05) is 22.9 Å². The van der Waals surface area contributed by atoms with Crippen molar-refractivity contribution in [2.75, 3.05) is 0 Å². The highest BCUT2D eigenvalue weighted by Crippen LogP contribution is 2.22. The van der Waals surface area contributed by atoms with Crippen molar-refractivity contribution in [3.05, 3.63) is 64.7 Å². The summed E-state index contributed by atoms with van der Waals surface area (Å²) in [4.78, 5) is 4.33. The highest BCUT2D eigenvalue weighted by molar-refractivity contribution is 6.30. The van der Waals surface area contributed by atoms with E-state index >= 15 is 0 Å². The number of hydrogen-bond donors (Lipinski definition) is 1. The van der Waals surface area contributed by atoms with Gasteiger partial charge in [0.25, 0.3) is 0 Å². The van der Waals surface area contributed by atoms with Crippen molar-refractivity contribution in [1.29, 1.82) is 0 Å². The topological polar surface area (TPSA) is 38.0 Å². The summed E-state index contributed by atoms with van der Waals surface area (Å²) < 4.78 is 15.1. The highest BCUT2D eigenvalue weighted by atomic mass is 35.5. The lowest BCUT2D eigenvalue weighted by molar-refractivity contribution is 0.283. The molecule has 1 aromatic carbocycles. The fourth-order valence-electron chi connectivity index (χ4n) is 2.28. The zero-order valence-corrected chi connectivity index (χ0v) is 11.3. The molecule has 5 heteroatoms. The van der Waals surface area contributed by atoms with Crippen LogP contribution in [-0.4, -0.2) is 14.7 Å². The molecule has 2 heterocycles. The number of nitrogens with zero attached hydrogens (tertiary/aromatic N) is 2. The summed E-state index contributed by atoms with van der Waals surface area (Å²) in [5, 5.41) is 10.4. The van der Waals surface area contributed by atoms with Crippen LogP contribution in [0.25, 0.3) is 11.0 Å². The molecule has 0 radical (unpaired) electrons. The number of pyridine rings is 1. The number of aliphatic hydroxyl groups is 1. The molecule has 0 aliphatic heterocycles. The minimum Gasteiger partial charge on any atom is -0.392 e. The molecule has 0 unspecified atom stereocenters. The van der Waals surface area contributed by atoms with Gasteiger partial charge < -0.3 is 9.67 Å². The Morgan fingerprint density at radius 3 is 2.90 bits per heavy atom. The molecule has 0 atom stereocenters. The maximum absolute atomic E-state index is 13.2. The van der Waals surface area contributed by atoms with E-state index in [0.717, 1.165) is 22.2 Å². The third kappa shape index (κ3) is 2.28. The van der Waals surface area contributed by atoms with Gasteiger partial charge in [0.05, 0.1) is 11.6 Å². The Bertz CT molecular complexity index is 770. The summed E-state index contributed by atoms with van der Waals surface area (Å²) in [6.07, 6.45) is 3.56. The smallest absolute Gasteiger partial charge is 0.141 e. The summed E-state index contributed by atoms with van der Waals surface area (Å²) >= 11 is 5.79. The van der Waals surface area contributed by atoms with Crippen molar-refractivity contribution in [1.82, 2.24) is 9.55 Å². The van der Waals surface area contributed by atoms with Gasteiger partial charge in [-0.25, -0.2) is 9.37 Å². The predicted molar refractivity (Wildman–Crippen MR) is 76.2 cm³/mol. The van der Waals surface area contributed by atoms with Crippen LogP contribution in [0.1, 0.15) is 11.1 Å². The van der Waals surface area contributed by atoms with E-state index in [-0.39, 0.29) is 11.6 Å². The largest absolute Gasteiger partial charge is 0.392 e. The molecule has 2 aromatic heterocycles. The molecule has 0 fully saturated rings. The second-order valence-electron chi connectivity index (χ2n) is 4.56. The number of aliphatic hydroxyl groups excluding tert-OH is 1. The van der Waals surface area contributed by atoms with Crippen molar-refractivity contribution in [2.45, 2.75) is 13.2 Å². The fourth-order valence-corrected chi connectivity index (χ4v) is 2.48. The first-order valence-corrected chi connectivity index (χ1v) is 6.54. The lowest BCUT2D eigenvalue weighted by Gasteiger charge is -2.05. The Labute approximate surface area is 120 Å². The standard InChI is InChI=1S/C15H12ClFN2O/c16-13-6-10(3-4-14(13)17)7-19-8-11(9-20)12-2-1-5-18-15(12)19/h1-6,8,20H,7,9H2. The van der Waals surface area contributed by atoms with Gasteiger partial charge in [0.1, 0.15) is 11.5 Å². The molecule has 0 aliphatic carbocycles. The normalized spacial score (nSPS) is 11.2. The van der Waals surface area contributed by atoms with E-state index in [1.165, 1.54) is 6.07 Å². The number of hydrogen-bond acceptors (Lipinski definition) is 2. The summed E-state index contributed by atoms with van der Waals surface area (Å²) in [6, 6.07) is 8.39. The summed E-state index contributed by atoms with van der Waals surface area (Å²) in [5.41, 5.74) is 2.49. The summed E-state index contributed by atoms with van der Waals surface area (Å²) in [6.45, 7) is 0.479. The third-order valence-corrected chi connectivity index (χ3v) is 3.51. The zero-order valence-electron chi connectivity index (χ0n) is 10.6. The molecule has 3 aromatic rings. The molecule has 1 N–H and O–H groups in total. The molecule has 0 amide bonds. The Balaban J connectivity index is 2.04. The van der Waals surface area contributed by atoms with E-state index < -0.39 is 5.82 Å². The van der Waals surface area contributed by atoms with Crippen LogP contribution < -0.4 is 0 Å². The monoisotopic (exact) mass is 290 g/mol. The number of fused-ring (bicyclic) bond motifs is 1. The molecule has 3 rings (SSSR count). The van der Waals surface area contributed by atoms with Crippen LogP contribution in [0.15, 0.2) is 42.7 Å². The van der Waals surface area contributed by atoms with Crippen LogP contribution in [0.2, 0.25) is 5.02 Å². The van der Waals surface area contributed by atoms with Crippen molar-refractivity contribution < 1.29 is 9.50 Å². The summed E-state index contributed by atoms with van der Waals surface area (Å²) in [7, 11) is 0. The maximum atomic E-state index is 13.2. The van der Waals surface area contributed by atoms with E-state index in [9.17, 15) is 9.50 Å². The molecule has 3 nitrogen and oxygen atoms in total. The molecular formula is C15H12ClFN2O. The second-order valence-corrected chi connectivity index (χ2v) is 4.97. The SMILES string of the molecule is OCc1cn(Cc2ccc(F)c(Cl)c2)c2ncccc12. The molecule has 0 bridgehead atoms. The van der Waals surface area contributed by atoms with Crippen molar-refractivity contribution >= 4 is 22.6 Å². The van der Waals surface area contributed by atoms with Gasteiger partial charge in [-0.2, -0.15) is 0 Å². The maximum Gasteiger partial charge on any atom is 0.141 e. The molecule has 102 valence electrons. The molecule has 0 saturated heterocycles. The number of benzene rings is 1. The van der Waals surface area contributed by atoms with Gasteiger partial charge in [-0.1, -0.05) is 17.7 Å². The number of halogens is 2. The Morgan fingerprint density at radius 1 is 1.30 bits per heavy atom. The van der Waals surface area contributed by atoms with Gasteiger partial charge in [0.2, 0.25) is 0 Å². The van der Waals surface area contributed by atoms with Crippen molar-refractivity contribution in [2.24, 2.45) is 0 Å². The molecule has 0 spiro atoms. The Kier molecular flexibility index (Phi) is 3.42. The van der Waals surface area contributed by atoms with E-state index in [2.05, 4.69) is 4.98 Å². The van der Waals surface area contributed by atoms with Gasteiger partial charge in [0.15, 0.2) is 0 Å². The minimum atomic E-state index is -0.429. The van der Waals surface area contributed by atoms with E-state index in [1.54, 1.807) is 18.3 Å². The summed E-state index contributed by atoms with van der Waals surface area (Å²) in [5.74, 6) is -0.429. The average molecular weight is 291 g/mol. The first-order chi connectivity index (χ1) is 9.69. The second kappa shape index (κ2) is 5.23. The van der Waals surface area contributed by atoms with Gasteiger partial charge >= 0.3 is 0 Å². The molecule has 0 aliphatic rings. The Hall–Kier alpha value is -1.91. The van der Waals surface area contributed by atoms with Gasteiger partial charge in [-0.05, 0) is 29.8 Å². The van der Waals surface area contributed by atoms with E-state index in [0.29, 0.717) is 6.54 Å². The lowest BCUT2D eigenvalue weighted by atomic mass is 10.2. The molecule has 20 heavy (non-hydrogen) atoms. The van der Waals surface area contributed by atoms with E-state index in [4.69, 9.17) is 11.6 Å². The molecular weight excluding hydrogens is 279 g/mol. The Morgan fingerprint density at radius 2 is 2.15 bits per heavy atom. The van der Waals surface area contributed by atoms with Crippen LogP contribution in [0.3, 0.4) is 0 Å². The van der Waals surface area contributed by atoms with Crippen LogP contribution in [-0.2, 0) is 13.2 Å². The van der Waals surface area contributed by atoms with Crippen LogP contribution >= 0.6 is 11.6 Å². The van der Waals surface area contributed by atoms with Crippen molar-refractivity contribution in [3.8, 4) is 0 Å². The van der Waals surface area contributed by atoms with Crippen LogP contribution in [0.5, 0.6) is 0 Å². The van der Waals surface area contributed by atoms with Crippen LogP contribution in [0, 0.1) is 5.82 Å². The average Bonchev–Trinajstić information content (AvgIpc) is 2.81. The lowest BCUT2D eigenvalue weighted by Crippen LogP contribution is -1.99. The first kappa shape index (κ1) is 13.1.